The van der Waals surface area contributed by atoms with Crippen LogP contribution in [0, 0.1) is 6.92 Å². The van der Waals surface area contributed by atoms with Gasteiger partial charge in [0.1, 0.15) is 5.69 Å². The number of carbonyl (C=O) groups excluding carboxylic acids is 2. The molecule has 172 valence electrons. The molecule has 10 nitrogen and oxygen atoms in total. The Morgan fingerprint density at radius 2 is 1.55 bits per heavy atom. The minimum absolute atomic E-state index is 0.0568. The van der Waals surface area contributed by atoms with Gasteiger partial charge in [-0.1, -0.05) is 0 Å². The van der Waals surface area contributed by atoms with Gasteiger partial charge in [0, 0.05) is 17.6 Å². The zero-order chi connectivity index (χ0) is 24.3. The molecule has 33 heavy (non-hydrogen) atoms. The number of aromatic nitrogens is 1. The number of hydrogen-bond donors (Lipinski definition) is 2. The van der Waals surface area contributed by atoms with Gasteiger partial charge in [-0.25, -0.2) is 22.8 Å². The number of aryl methyl sites for hydroxylation is 1. The third-order valence-corrected chi connectivity index (χ3v) is 6.10. The largest absolute Gasteiger partial charge is 0.477 e. The summed E-state index contributed by atoms with van der Waals surface area (Å²) in [5.41, 5.74) is 1.14. The molecule has 0 saturated heterocycles. The standard InChI is InChI=1S/C22H20N2O8S/c1-13-9-16(6-7-18(13)24-8-4-5-19(24)20(25)26)23-33(29,30)17-11-14(21(27)31-2)10-15(12-17)22(28)32-3/h4-12,23H,1-3H3,(H,25,26). The predicted octanol–water partition coefficient (Wildman–Crippen LogP) is 2.86. The molecule has 0 atom stereocenters. The van der Waals surface area contributed by atoms with E-state index < -0.39 is 27.9 Å². The van der Waals surface area contributed by atoms with E-state index in [9.17, 15) is 27.9 Å². The monoisotopic (exact) mass is 472 g/mol. The Morgan fingerprint density at radius 3 is 2.06 bits per heavy atom. The van der Waals surface area contributed by atoms with Gasteiger partial charge in [0.2, 0.25) is 0 Å². The van der Waals surface area contributed by atoms with Crippen molar-refractivity contribution in [2.75, 3.05) is 18.9 Å². The Morgan fingerprint density at radius 1 is 0.939 bits per heavy atom. The number of nitrogens with one attached hydrogen (secondary N) is 1. The second kappa shape index (κ2) is 9.17. The fourth-order valence-corrected chi connectivity index (χ4v) is 4.31. The number of hydrogen-bond acceptors (Lipinski definition) is 7. The van der Waals surface area contributed by atoms with Crippen LogP contribution in [0.4, 0.5) is 5.69 Å². The van der Waals surface area contributed by atoms with E-state index in [0.717, 1.165) is 26.4 Å². The number of aromatic carboxylic acids is 1. The maximum Gasteiger partial charge on any atom is 0.352 e. The number of benzene rings is 2. The van der Waals surface area contributed by atoms with Crippen LogP contribution in [0.3, 0.4) is 0 Å². The van der Waals surface area contributed by atoms with Gasteiger partial charge in [0.15, 0.2) is 0 Å². The van der Waals surface area contributed by atoms with E-state index in [1.165, 1.54) is 28.8 Å². The number of carbonyl (C=O) groups is 3. The molecule has 1 aromatic heterocycles. The van der Waals surface area contributed by atoms with Crippen LogP contribution >= 0.6 is 0 Å². The van der Waals surface area contributed by atoms with Gasteiger partial charge < -0.3 is 19.1 Å². The van der Waals surface area contributed by atoms with Crippen molar-refractivity contribution in [3.63, 3.8) is 0 Å². The number of nitrogens with zero attached hydrogens (tertiary/aromatic N) is 1. The lowest BCUT2D eigenvalue weighted by atomic mass is 10.1. The van der Waals surface area contributed by atoms with Gasteiger partial charge in [-0.2, -0.15) is 0 Å². The van der Waals surface area contributed by atoms with Crippen LogP contribution in [-0.2, 0) is 19.5 Å². The summed E-state index contributed by atoms with van der Waals surface area (Å²) in [5, 5.41) is 9.32. The SMILES string of the molecule is COC(=O)c1cc(C(=O)OC)cc(S(=O)(=O)Nc2ccc(-n3cccc3C(=O)O)c(C)c2)c1. The summed E-state index contributed by atoms with van der Waals surface area (Å²) in [6.45, 7) is 1.70. The summed E-state index contributed by atoms with van der Waals surface area (Å²) >= 11 is 0. The molecule has 0 spiro atoms. The molecule has 0 bridgehead atoms. The molecular formula is C22H20N2O8S. The average Bonchev–Trinajstić information content (AvgIpc) is 3.27. The highest BCUT2D eigenvalue weighted by Crippen LogP contribution is 2.24. The molecule has 0 aliphatic carbocycles. The Kier molecular flexibility index (Phi) is 6.54. The molecule has 2 N–H and O–H groups in total. The third-order valence-electron chi connectivity index (χ3n) is 4.74. The minimum atomic E-state index is -4.21. The molecule has 1 heterocycles. The van der Waals surface area contributed by atoms with Crippen molar-refractivity contribution in [1.29, 1.82) is 0 Å². The zero-order valence-electron chi connectivity index (χ0n) is 17.9. The number of ether oxygens (including phenoxy) is 2. The number of methoxy groups -OCH3 is 2. The number of carboxylic acid groups (broad SMARTS) is 1. The highest BCUT2D eigenvalue weighted by molar-refractivity contribution is 7.92. The molecule has 0 aliphatic heterocycles. The van der Waals surface area contributed by atoms with Gasteiger partial charge >= 0.3 is 17.9 Å². The highest BCUT2D eigenvalue weighted by atomic mass is 32.2. The summed E-state index contributed by atoms with van der Waals surface area (Å²) in [4.78, 5) is 35.0. The van der Waals surface area contributed by atoms with Crippen LogP contribution in [0.2, 0.25) is 0 Å². The number of rotatable bonds is 7. The van der Waals surface area contributed by atoms with Crippen molar-refractivity contribution in [3.8, 4) is 5.69 Å². The smallest absolute Gasteiger partial charge is 0.352 e. The molecule has 2 aromatic carbocycles. The van der Waals surface area contributed by atoms with Crippen molar-refractivity contribution in [3.05, 3.63) is 77.1 Å². The summed E-state index contributed by atoms with van der Waals surface area (Å²) in [6, 6.07) is 11.0. The number of anilines is 1. The maximum absolute atomic E-state index is 13.0. The van der Waals surface area contributed by atoms with Crippen molar-refractivity contribution in [2.45, 2.75) is 11.8 Å². The third kappa shape index (κ3) is 4.88. The van der Waals surface area contributed by atoms with E-state index in [4.69, 9.17) is 0 Å². The number of sulfonamides is 1. The second-order valence-corrected chi connectivity index (χ2v) is 8.59. The first-order valence-electron chi connectivity index (χ1n) is 9.43. The molecular weight excluding hydrogens is 452 g/mol. The molecule has 3 aromatic rings. The Bertz CT molecular complexity index is 1320. The van der Waals surface area contributed by atoms with E-state index in [0.29, 0.717) is 11.3 Å². The Hall–Kier alpha value is -4.12. The first-order chi connectivity index (χ1) is 15.6. The van der Waals surface area contributed by atoms with Gasteiger partial charge in [0.25, 0.3) is 10.0 Å². The predicted molar refractivity (Wildman–Crippen MR) is 117 cm³/mol. The molecule has 0 aliphatic rings. The van der Waals surface area contributed by atoms with Gasteiger partial charge in [-0.3, -0.25) is 4.72 Å². The Labute approximate surface area is 189 Å². The molecule has 0 fully saturated rings. The highest BCUT2D eigenvalue weighted by Gasteiger charge is 2.22. The van der Waals surface area contributed by atoms with E-state index in [1.54, 1.807) is 25.3 Å². The molecule has 0 radical (unpaired) electrons. The molecule has 0 saturated carbocycles. The Balaban J connectivity index is 1.99. The normalized spacial score (nSPS) is 11.0. The molecule has 11 heteroatoms. The van der Waals surface area contributed by atoms with Gasteiger partial charge in [-0.15, -0.1) is 0 Å². The minimum Gasteiger partial charge on any atom is -0.477 e. The van der Waals surface area contributed by atoms with Crippen molar-refractivity contribution in [1.82, 2.24) is 4.57 Å². The maximum atomic E-state index is 13.0. The van der Waals surface area contributed by atoms with E-state index in [1.807, 2.05) is 0 Å². The molecule has 0 unspecified atom stereocenters. The fourth-order valence-electron chi connectivity index (χ4n) is 3.19. The first-order valence-corrected chi connectivity index (χ1v) is 10.9. The lowest BCUT2D eigenvalue weighted by molar-refractivity contribution is 0.0596. The van der Waals surface area contributed by atoms with Crippen LogP contribution in [0.5, 0.6) is 0 Å². The summed E-state index contributed by atoms with van der Waals surface area (Å²) in [7, 11) is -1.95. The molecule has 0 amide bonds. The molecule has 3 rings (SSSR count). The van der Waals surface area contributed by atoms with Crippen LogP contribution in [-0.4, -0.2) is 50.2 Å². The van der Waals surface area contributed by atoms with Crippen molar-refractivity contribution in [2.24, 2.45) is 0 Å². The van der Waals surface area contributed by atoms with Gasteiger partial charge in [0.05, 0.1) is 30.2 Å². The fraction of sp³-hybridized carbons (Fsp3) is 0.136. The lowest BCUT2D eigenvalue weighted by Gasteiger charge is -2.14. The van der Waals surface area contributed by atoms with E-state index in [2.05, 4.69) is 14.2 Å². The van der Waals surface area contributed by atoms with E-state index >= 15 is 0 Å². The topological polar surface area (TPSA) is 141 Å². The van der Waals surface area contributed by atoms with Crippen molar-refractivity contribution < 1.29 is 37.4 Å². The summed E-state index contributed by atoms with van der Waals surface area (Å²) in [6.07, 6.45) is 1.59. The van der Waals surface area contributed by atoms with Crippen LogP contribution in [0.25, 0.3) is 5.69 Å². The van der Waals surface area contributed by atoms with E-state index in [-0.39, 0.29) is 27.4 Å². The second-order valence-electron chi connectivity index (χ2n) is 6.90. The number of esters is 2. The van der Waals surface area contributed by atoms with Crippen LogP contribution < -0.4 is 4.72 Å². The number of carboxylic acids is 1. The lowest BCUT2D eigenvalue weighted by Crippen LogP contribution is -2.16. The zero-order valence-corrected chi connectivity index (χ0v) is 18.7. The summed E-state index contributed by atoms with van der Waals surface area (Å²) < 4.78 is 39.1. The van der Waals surface area contributed by atoms with Crippen LogP contribution in [0.1, 0.15) is 36.8 Å². The first kappa shape index (κ1) is 23.5. The van der Waals surface area contributed by atoms with Crippen LogP contribution in [0.15, 0.2) is 59.6 Å². The quantitative estimate of drug-likeness (QED) is 0.500. The van der Waals surface area contributed by atoms with Crippen molar-refractivity contribution >= 4 is 33.6 Å². The average molecular weight is 472 g/mol. The van der Waals surface area contributed by atoms with Gasteiger partial charge in [-0.05, 0) is 61.0 Å². The summed E-state index contributed by atoms with van der Waals surface area (Å²) in [5.74, 6) is -2.74.